The molecule has 0 saturated heterocycles. The van der Waals surface area contributed by atoms with Crippen molar-refractivity contribution in [1.29, 1.82) is 0 Å². The van der Waals surface area contributed by atoms with Crippen LogP contribution in [0.5, 0.6) is 0 Å². The number of aliphatic hydroxyl groups excluding tert-OH is 2. The molecule has 0 aromatic heterocycles. The molecular weight excluding hydrogens is 328 g/mol. The van der Waals surface area contributed by atoms with E-state index < -0.39 is 8.32 Å². The number of hydrogen-bond donors (Lipinski definition) is 2. The Morgan fingerprint density at radius 2 is 1.36 bits per heavy atom. The van der Waals surface area contributed by atoms with Gasteiger partial charge in [0, 0.05) is 6.61 Å². The van der Waals surface area contributed by atoms with Crippen LogP contribution in [-0.4, -0.2) is 37.8 Å². The highest BCUT2D eigenvalue weighted by atomic mass is 28.4. The topological polar surface area (TPSA) is 49.7 Å². The van der Waals surface area contributed by atoms with Crippen LogP contribution in [0.25, 0.3) is 0 Å². The quantitative estimate of drug-likeness (QED) is 0.714. The second-order valence-electron chi connectivity index (χ2n) is 7.45. The van der Waals surface area contributed by atoms with Gasteiger partial charge in [-0.25, -0.2) is 0 Å². The molecular formula is C21H30O3Si. The fourth-order valence-electron chi connectivity index (χ4n) is 3.45. The van der Waals surface area contributed by atoms with Crippen molar-refractivity contribution in [2.24, 2.45) is 0 Å². The molecule has 1 atom stereocenters. The fourth-order valence-corrected chi connectivity index (χ4v) is 8.15. The highest BCUT2D eigenvalue weighted by Gasteiger charge is 2.51. The van der Waals surface area contributed by atoms with Gasteiger partial charge >= 0.3 is 0 Å². The van der Waals surface area contributed by atoms with Crippen molar-refractivity contribution < 1.29 is 14.6 Å². The number of aliphatic hydroxyl groups is 2. The van der Waals surface area contributed by atoms with Gasteiger partial charge in [0.15, 0.2) is 0 Å². The SMILES string of the molecule is CC(C)(C)[Si](O[C@H](CO)CCCO)(c1ccccc1)c1ccccc1. The van der Waals surface area contributed by atoms with E-state index in [4.69, 9.17) is 4.43 Å². The van der Waals surface area contributed by atoms with E-state index in [1.54, 1.807) is 0 Å². The van der Waals surface area contributed by atoms with Crippen LogP contribution in [0.3, 0.4) is 0 Å². The predicted octanol–water partition coefficient (Wildman–Crippen LogP) is 2.70. The van der Waals surface area contributed by atoms with Crippen molar-refractivity contribution in [2.75, 3.05) is 13.2 Å². The van der Waals surface area contributed by atoms with E-state index in [9.17, 15) is 10.2 Å². The number of rotatable bonds is 8. The zero-order valence-corrected chi connectivity index (χ0v) is 16.5. The van der Waals surface area contributed by atoms with Gasteiger partial charge in [-0.2, -0.15) is 0 Å². The molecule has 3 nitrogen and oxygen atoms in total. The van der Waals surface area contributed by atoms with Gasteiger partial charge in [0.25, 0.3) is 8.32 Å². The van der Waals surface area contributed by atoms with E-state index in [-0.39, 0.29) is 24.4 Å². The van der Waals surface area contributed by atoms with Crippen molar-refractivity contribution in [2.45, 2.75) is 44.8 Å². The Labute approximate surface area is 152 Å². The van der Waals surface area contributed by atoms with Gasteiger partial charge in [-0.3, -0.25) is 0 Å². The van der Waals surface area contributed by atoms with Crippen LogP contribution in [-0.2, 0) is 4.43 Å². The van der Waals surface area contributed by atoms with Gasteiger partial charge in [0.2, 0.25) is 0 Å². The van der Waals surface area contributed by atoms with E-state index in [0.29, 0.717) is 12.8 Å². The van der Waals surface area contributed by atoms with Crippen molar-refractivity contribution in [3.8, 4) is 0 Å². The summed E-state index contributed by atoms with van der Waals surface area (Å²) < 4.78 is 6.80. The van der Waals surface area contributed by atoms with Crippen LogP contribution >= 0.6 is 0 Å². The molecule has 0 heterocycles. The zero-order chi connectivity index (χ0) is 18.3. The lowest BCUT2D eigenvalue weighted by molar-refractivity contribution is 0.0929. The Bertz CT molecular complexity index is 583. The van der Waals surface area contributed by atoms with Crippen LogP contribution in [0.2, 0.25) is 5.04 Å². The van der Waals surface area contributed by atoms with Crippen molar-refractivity contribution in [3.05, 3.63) is 60.7 Å². The Kier molecular flexibility index (Phi) is 6.96. The summed E-state index contributed by atoms with van der Waals surface area (Å²) in [6.45, 7) is 6.74. The van der Waals surface area contributed by atoms with E-state index in [1.807, 2.05) is 12.1 Å². The first-order valence-electron chi connectivity index (χ1n) is 8.96. The summed E-state index contributed by atoms with van der Waals surface area (Å²) in [5.41, 5.74) is 0. The zero-order valence-electron chi connectivity index (χ0n) is 15.5. The average molecular weight is 359 g/mol. The van der Waals surface area contributed by atoms with Crippen LogP contribution in [0, 0.1) is 0 Å². The lowest BCUT2D eigenvalue weighted by Crippen LogP contribution is -2.68. The molecule has 2 aromatic carbocycles. The number of hydrogen-bond acceptors (Lipinski definition) is 3. The molecule has 2 N–H and O–H groups in total. The lowest BCUT2D eigenvalue weighted by Gasteiger charge is -2.45. The van der Waals surface area contributed by atoms with Gasteiger partial charge in [-0.05, 0) is 28.3 Å². The predicted molar refractivity (Wildman–Crippen MR) is 106 cm³/mol. The second-order valence-corrected chi connectivity index (χ2v) is 11.7. The third-order valence-corrected chi connectivity index (χ3v) is 9.74. The Balaban J connectivity index is 2.60. The van der Waals surface area contributed by atoms with Crippen LogP contribution in [0.1, 0.15) is 33.6 Å². The maximum Gasteiger partial charge on any atom is 0.261 e. The summed E-state index contributed by atoms with van der Waals surface area (Å²) in [5.74, 6) is 0. The molecule has 0 radical (unpaired) electrons. The van der Waals surface area contributed by atoms with Gasteiger partial charge < -0.3 is 14.6 Å². The number of benzene rings is 2. The van der Waals surface area contributed by atoms with E-state index in [2.05, 4.69) is 69.3 Å². The smallest absolute Gasteiger partial charge is 0.261 e. The second kappa shape index (κ2) is 8.76. The van der Waals surface area contributed by atoms with Gasteiger partial charge in [0.1, 0.15) is 0 Å². The molecule has 0 fully saturated rings. The third-order valence-electron chi connectivity index (χ3n) is 4.65. The van der Waals surface area contributed by atoms with Crippen molar-refractivity contribution >= 4 is 18.7 Å². The summed E-state index contributed by atoms with van der Waals surface area (Å²) in [7, 11) is -2.62. The minimum Gasteiger partial charge on any atom is -0.402 e. The molecule has 25 heavy (non-hydrogen) atoms. The molecule has 0 aliphatic carbocycles. The molecule has 0 saturated carbocycles. The molecule has 4 heteroatoms. The molecule has 0 aliphatic rings. The van der Waals surface area contributed by atoms with Crippen molar-refractivity contribution in [1.82, 2.24) is 0 Å². The minimum absolute atomic E-state index is 0.0372. The largest absolute Gasteiger partial charge is 0.402 e. The molecule has 0 spiro atoms. The van der Waals surface area contributed by atoms with Crippen molar-refractivity contribution in [3.63, 3.8) is 0 Å². The highest BCUT2D eigenvalue weighted by Crippen LogP contribution is 2.37. The summed E-state index contributed by atoms with van der Waals surface area (Å²) in [4.78, 5) is 0. The Hall–Kier alpha value is -1.46. The normalized spacial score (nSPS) is 13.6. The molecule has 2 aromatic rings. The van der Waals surface area contributed by atoms with Crippen LogP contribution in [0.15, 0.2) is 60.7 Å². The molecule has 0 amide bonds. The summed E-state index contributed by atoms with van der Waals surface area (Å²) in [6, 6.07) is 20.8. The molecule has 0 aliphatic heterocycles. The first-order valence-corrected chi connectivity index (χ1v) is 10.9. The Morgan fingerprint density at radius 3 is 1.72 bits per heavy atom. The Morgan fingerprint density at radius 1 is 0.880 bits per heavy atom. The van der Waals surface area contributed by atoms with E-state index in [0.717, 1.165) is 0 Å². The molecule has 2 rings (SSSR count). The molecule has 136 valence electrons. The minimum atomic E-state index is -2.62. The first kappa shape index (κ1) is 19.9. The van der Waals surface area contributed by atoms with Gasteiger partial charge in [-0.1, -0.05) is 81.4 Å². The summed E-state index contributed by atoms with van der Waals surface area (Å²) >= 11 is 0. The van der Waals surface area contributed by atoms with Crippen LogP contribution < -0.4 is 10.4 Å². The maximum atomic E-state index is 9.89. The van der Waals surface area contributed by atoms with Gasteiger partial charge in [-0.15, -0.1) is 0 Å². The van der Waals surface area contributed by atoms with E-state index in [1.165, 1.54) is 10.4 Å². The highest BCUT2D eigenvalue weighted by molar-refractivity contribution is 6.99. The maximum absolute atomic E-state index is 9.89. The summed E-state index contributed by atoms with van der Waals surface area (Å²) in [6.07, 6.45) is 0.999. The van der Waals surface area contributed by atoms with E-state index >= 15 is 0 Å². The fraction of sp³-hybridized carbons (Fsp3) is 0.429. The standard InChI is InChI=1S/C21H30O3Si/c1-21(2,3)25(19-12-6-4-7-13-19,20-14-8-5-9-15-20)24-18(17-23)11-10-16-22/h4-9,12-15,18,22-23H,10-11,16-17H2,1-3H3/t18-/m0/s1. The van der Waals surface area contributed by atoms with Gasteiger partial charge in [0.05, 0.1) is 12.7 Å². The third kappa shape index (κ3) is 4.39. The molecule has 0 bridgehead atoms. The average Bonchev–Trinajstić information content (AvgIpc) is 2.62. The van der Waals surface area contributed by atoms with Crippen LogP contribution in [0.4, 0.5) is 0 Å². The first-order chi connectivity index (χ1) is 12.0. The summed E-state index contributed by atoms with van der Waals surface area (Å²) in [5, 5.41) is 21.4. The monoisotopic (exact) mass is 358 g/mol. The lowest BCUT2D eigenvalue weighted by atomic mass is 10.2. The molecule has 0 unspecified atom stereocenters.